The van der Waals surface area contributed by atoms with E-state index < -0.39 is 6.10 Å². The fourth-order valence-electron chi connectivity index (χ4n) is 2.27. The molecule has 19 heavy (non-hydrogen) atoms. The molecule has 0 spiro atoms. The molecule has 1 N–H and O–H groups in total. The van der Waals surface area contributed by atoms with Gasteiger partial charge < -0.3 is 9.67 Å². The molecule has 102 valence electrons. The lowest BCUT2D eigenvalue weighted by atomic mass is 10.0. The van der Waals surface area contributed by atoms with Gasteiger partial charge in [-0.05, 0) is 36.6 Å². The van der Waals surface area contributed by atoms with E-state index in [0.717, 1.165) is 29.9 Å². The first-order valence-electron chi connectivity index (χ1n) is 6.56. The molecule has 0 aliphatic rings. The van der Waals surface area contributed by atoms with Crippen LogP contribution in [0.3, 0.4) is 0 Å². The highest BCUT2D eigenvalue weighted by Crippen LogP contribution is 2.22. The zero-order chi connectivity index (χ0) is 13.8. The maximum absolute atomic E-state index is 13.1. The van der Waals surface area contributed by atoms with Crippen molar-refractivity contribution in [3.8, 4) is 0 Å². The van der Waals surface area contributed by atoms with Crippen molar-refractivity contribution in [2.45, 2.75) is 39.3 Å². The summed E-state index contributed by atoms with van der Waals surface area (Å²) in [5.41, 5.74) is 1.52. The lowest BCUT2D eigenvalue weighted by molar-refractivity contribution is 0.173. The summed E-state index contributed by atoms with van der Waals surface area (Å²) in [6.45, 7) is 4.80. The third kappa shape index (κ3) is 3.20. The number of aliphatic hydroxyl groups is 1. The summed E-state index contributed by atoms with van der Waals surface area (Å²) >= 11 is 0. The van der Waals surface area contributed by atoms with Crippen LogP contribution in [0.4, 0.5) is 4.39 Å². The first-order valence-corrected chi connectivity index (χ1v) is 6.56. The van der Waals surface area contributed by atoms with Gasteiger partial charge in [0.05, 0.1) is 6.10 Å². The SMILES string of the molecule is CCCn1ccnc1CC(O)c1ccc(F)cc1C. The number of hydrogen-bond acceptors (Lipinski definition) is 2. The first kappa shape index (κ1) is 13.7. The van der Waals surface area contributed by atoms with Crippen LogP contribution in [0.1, 0.15) is 36.4 Å². The lowest BCUT2D eigenvalue weighted by Crippen LogP contribution is -2.10. The van der Waals surface area contributed by atoms with Crippen molar-refractivity contribution >= 4 is 0 Å². The fourth-order valence-corrected chi connectivity index (χ4v) is 2.27. The van der Waals surface area contributed by atoms with E-state index in [1.54, 1.807) is 19.2 Å². The highest BCUT2D eigenvalue weighted by Gasteiger charge is 2.14. The van der Waals surface area contributed by atoms with Gasteiger partial charge in [-0.15, -0.1) is 0 Å². The van der Waals surface area contributed by atoms with Gasteiger partial charge in [0.25, 0.3) is 0 Å². The molecule has 1 aromatic heterocycles. The van der Waals surface area contributed by atoms with Crippen molar-refractivity contribution in [3.05, 3.63) is 53.4 Å². The molecule has 1 aromatic carbocycles. The topological polar surface area (TPSA) is 38.0 Å². The van der Waals surface area contributed by atoms with E-state index in [9.17, 15) is 9.50 Å². The predicted molar refractivity (Wildman–Crippen MR) is 72.3 cm³/mol. The van der Waals surface area contributed by atoms with Crippen molar-refractivity contribution in [2.24, 2.45) is 0 Å². The van der Waals surface area contributed by atoms with E-state index in [4.69, 9.17) is 0 Å². The highest BCUT2D eigenvalue weighted by molar-refractivity contribution is 5.29. The highest BCUT2D eigenvalue weighted by atomic mass is 19.1. The molecule has 0 aliphatic heterocycles. The third-order valence-corrected chi connectivity index (χ3v) is 3.23. The van der Waals surface area contributed by atoms with Gasteiger partial charge >= 0.3 is 0 Å². The second kappa shape index (κ2) is 5.97. The number of halogens is 1. The molecule has 0 amide bonds. The molecule has 0 saturated carbocycles. The monoisotopic (exact) mass is 262 g/mol. The minimum Gasteiger partial charge on any atom is -0.388 e. The third-order valence-electron chi connectivity index (χ3n) is 3.23. The summed E-state index contributed by atoms with van der Waals surface area (Å²) < 4.78 is 15.1. The molecule has 1 unspecified atom stereocenters. The zero-order valence-electron chi connectivity index (χ0n) is 11.3. The van der Waals surface area contributed by atoms with E-state index in [2.05, 4.69) is 11.9 Å². The van der Waals surface area contributed by atoms with Crippen LogP contribution in [0, 0.1) is 12.7 Å². The lowest BCUT2D eigenvalue weighted by Gasteiger charge is -2.14. The second-order valence-corrected chi connectivity index (χ2v) is 4.76. The van der Waals surface area contributed by atoms with Gasteiger partial charge in [0, 0.05) is 25.4 Å². The molecule has 1 heterocycles. The van der Waals surface area contributed by atoms with Crippen LogP contribution in [0.5, 0.6) is 0 Å². The van der Waals surface area contributed by atoms with Crippen LogP contribution in [-0.2, 0) is 13.0 Å². The van der Waals surface area contributed by atoms with Crippen LogP contribution in [0.25, 0.3) is 0 Å². The Bertz CT molecular complexity index is 551. The molecule has 1 atom stereocenters. The Morgan fingerprint density at radius 1 is 1.42 bits per heavy atom. The average molecular weight is 262 g/mol. The first-order chi connectivity index (χ1) is 9.11. The van der Waals surface area contributed by atoms with Crippen LogP contribution < -0.4 is 0 Å². The van der Waals surface area contributed by atoms with Crippen LogP contribution in [-0.4, -0.2) is 14.7 Å². The maximum atomic E-state index is 13.1. The molecule has 0 aliphatic carbocycles. The van der Waals surface area contributed by atoms with Crippen molar-refractivity contribution in [1.82, 2.24) is 9.55 Å². The summed E-state index contributed by atoms with van der Waals surface area (Å²) in [5.74, 6) is 0.582. The molecular formula is C15H19FN2O. The largest absolute Gasteiger partial charge is 0.388 e. The van der Waals surface area contributed by atoms with E-state index in [0.29, 0.717) is 6.42 Å². The van der Waals surface area contributed by atoms with Crippen molar-refractivity contribution in [1.29, 1.82) is 0 Å². The summed E-state index contributed by atoms with van der Waals surface area (Å²) in [6, 6.07) is 4.46. The van der Waals surface area contributed by atoms with Gasteiger partial charge in [-0.3, -0.25) is 0 Å². The number of aryl methyl sites for hydroxylation is 2. The van der Waals surface area contributed by atoms with Crippen LogP contribution >= 0.6 is 0 Å². The summed E-state index contributed by atoms with van der Waals surface area (Å²) in [6.07, 6.45) is 4.48. The summed E-state index contributed by atoms with van der Waals surface area (Å²) in [7, 11) is 0. The zero-order valence-corrected chi connectivity index (χ0v) is 11.3. The number of aromatic nitrogens is 2. The number of rotatable bonds is 5. The van der Waals surface area contributed by atoms with Gasteiger partial charge in [0.1, 0.15) is 11.6 Å². The minimum absolute atomic E-state index is 0.277. The van der Waals surface area contributed by atoms with Gasteiger partial charge in [-0.25, -0.2) is 9.37 Å². The Labute approximate surface area is 112 Å². The maximum Gasteiger partial charge on any atom is 0.123 e. The number of hydrogen-bond donors (Lipinski definition) is 1. The van der Waals surface area contributed by atoms with Gasteiger partial charge in [0.15, 0.2) is 0 Å². The van der Waals surface area contributed by atoms with E-state index in [-0.39, 0.29) is 5.82 Å². The molecule has 0 fully saturated rings. The second-order valence-electron chi connectivity index (χ2n) is 4.76. The molecule has 0 saturated heterocycles. The Kier molecular flexibility index (Phi) is 4.32. The average Bonchev–Trinajstić information content (AvgIpc) is 2.77. The number of benzene rings is 1. The molecule has 0 radical (unpaired) electrons. The van der Waals surface area contributed by atoms with E-state index >= 15 is 0 Å². The van der Waals surface area contributed by atoms with Crippen LogP contribution in [0.15, 0.2) is 30.6 Å². The summed E-state index contributed by atoms with van der Waals surface area (Å²) in [5, 5.41) is 10.3. The quantitative estimate of drug-likeness (QED) is 0.899. The van der Waals surface area contributed by atoms with Gasteiger partial charge in [-0.2, -0.15) is 0 Å². The Hall–Kier alpha value is -1.68. The predicted octanol–water partition coefficient (Wildman–Crippen LogP) is 3.02. The minimum atomic E-state index is -0.654. The van der Waals surface area contributed by atoms with Crippen molar-refractivity contribution in [3.63, 3.8) is 0 Å². The van der Waals surface area contributed by atoms with Gasteiger partial charge in [-0.1, -0.05) is 13.0 Å². The smallest absolute Gasteiger partial charge is 0.123 e. The summed E-state index contributed by atoms with van der Waals surface area (Å²) in [4.78, 5) is 4.28. The molecule has 4 heteroatoms. The van der Waals surface area contributed by atoms with E-state index in [1.165, 1.54) is 12.1 Å². The fraction of sp³-hybridized carbons (Fsp3) is 0.400. The normalized spacial score (nSPS) is 12.6. The number of nitrogens with zero attached hydrogens (tertiary/aromatic N) is 2. The number of imidazole rings is 1. The van der Waals surface area contributed by atoms with Crippen LogP contribution in [0.2, 0.25) is 0 Å². The van der Waals surface area contributed by atoms with Crippen molar-refractivity contribution in [2.75, 3.05) is 0 Å². The van der Waals surface area contributed by atoms with E-state index in [1.807, 2.05) is 10.8 Å². The molecule has 2 aromatic rings. The number of aliphatic hydroxyl groups excluding tert-OH is 1. The molecular weight excluding hydrogens is 243 g/mol. The Morgan fingerprint density at radius 2 is 2.21 bits per heavy atom. The van der Waals surface area contributed by atoms with Gasteiger partial charge in [0.2, 0.25) is 0 Å². The Balaban J connectivity index is 2.16. The Morgan fingerprint density at radius 3 is 2.89 bits per heavy atom. The molecule has 2 rings (SSSR count). The molecule has 3 nitrogen and oxygen atoms in total. The molecule has 0 bridgehead atoms. The standard InChI is InChI=1S/C15H19FN2O/c1-3-7-18-8-6-17-15(18)10-14(19)13-5-4-12(16)9-11(13)2/h4-6,8-9,14,19H,3,7,10H2,1-2H3. The van der Waals surface area contributed by atoms with Crippen molar-refractivity contribution < 1.29 is 9.50 Å².